The summed E-state index contributed by atoms with van der Waals surface area (Å²) < 4.78 is 0. The molecule has 1 aromatic heterocycles. The predicted molar refractivity (Wildman–Crippen MR) is 99.9 cm³/mol. The number of carbonyl (C=O) groups is 1. The zero-order valence-corrected chi connectivity index (χ0v) is 14.4. The molecule has 1 amide bonds. The van der Waals surface area contributed by atoms with Gasteiger partial charge in [0, 0.05) is 6.54 Å². The fourth-order valence-corrected chi connectivity index (χ4v) is 2.38. The fraction of sp³-hybridized carbons (Fsp3) is 0.105. The Bertz CT molecular complexity index is 863. The molecule has 0 aliphatic carbocycles. The van der Waals surface area contributed by atoms with Crippen molar-refractivity contribution in [2.45, 2.75) is 13.5 Å². The van der Waals surface area contributed by atoms with Gasteiger partial charge in [-0.3, -0.25) is 4.79 Å². The lowest BCUT2D eigenvalue weighted by Crippen LogP contribution is -2.15. The van der Waals surface area contributed by atoms with Gasteiger partial charge in [0.15, 0.2) is 5.69 Å². The van der Waals surface area contributed by atoms with Crippen molar-refractivity contribution in [1.82, 2.24) is 10.2 Å². The summed E-state index contributed by atoms with van der Waals surface area (Å²) in [5.74, 6) is 0.251. The molecule has 1 heterocycles. The largest absolute Gasteiger partial charge is 0.365 e. The van der Waals surface area contributed by atoms with Crippen molar-refractivity contribution >= 4 is 29.0 Å². The van der Waals surface area contributed by atoms with Crippen LogP contribution in [-0.4, -0.2) is 16.1 Å². The zero-order valence-electron chi connectivity index (χ0n) is 13.7. The lowest BCUT2D eigenvalue weighted by molar-refractivity contribution is 0.102. The normalized spacial score (nSPS) is 10.3. The van der Waals surface area contributed by atoms with Gasteiger partial charge in [-0.1, -0.05) is 53.6 Å². The molecule has 2 aromatic carbocycles. The van der Waals surface area contributed by atoms with Gasteiger partial charge in [0.1, 0.15) is 5.82 Å². The SMILES string of the molecule is Cc1ccc(CNc2ccc(C(=O)Nc3ccccc3Cl)nn2)cc1. The highest BCUT2D eigenvalue weighted by atomic mass is 35.5. The Kier molecular flexibility index (Phi) is 5.26. The van der Waals surface area contributed by atoms with Gasteiger partial charge in [-0.05, 0) is 36.8 Å². The van der Waals surface area contributed by atoms with Gasteiger partial charge < -0.3 is 10.6 Å². The maximum Gasteiger partial charge on any atom is 0.276 e. The number of para-hydroxylation sites is 1. The van der Waals surface area contributed by atoms with E-state index in [1.807, 2.05) is 0 Å². The van der Waals surface area contributed by atoms with Gasteiger partial charge in [0.05, 0.1) is 10.7 Å². The number of nitrogens with zero attached hydrogens (tertiary/aromatic N) is 2. The van der Waals surface area contributed by atoms with E-state index in [0.717, 1.165) is 5.56 Å². The molecular weight excluding hydrogens is 336 g/mol. The Morgan fingerprint density at radius 2 is 1.76 bits per heavy atom. The minimum absolute atomic E-state index is 0.223. The van der Waals surface area contributed by atoms with Crippen LogP contribution >= 0.6 is 11.6 Å². The highest BCUT2D eigenvalue weighted by molar-refractivity contribution is 6.33. The van der Waals surface area contributed by atoms with Gasteiger partial charge in [0.25, 0.3) is 5.91 Å². The monoisotopic (exact) mass is 352 g/mol. The number of carbonyl (C=O) groups excluding carboxylic acids is 1. The molecule has 0 atom stereocenters. The van der Waals surface area contributed by atoms with Crippen molar-refractivity contribution in [1.29, 1.82) is 0 Å². The molecule has 3 aromatic rings. The maximum atomic E-state index is 12.2. The van der Waals surface area contributed by atoms with Crippen molar-refractivity contribution in [2.75, 3.05) is 10.6 Å². The third kappa shape index (κ3) is 4.55. The van der Waals surface area contributed by atoms with E-state index in [2.05, 4.69) is 52.0 Å². The Balaban J connectivity index is 1.60. The summed E-state index contributed by atoms with van der Waals surface area (Å²) in [4.78, 5) is 12.2. The van der Waals surface area contributed by atoms with Crippen molar-refractivity contribution in [3.63, 3.8) is 0 Å². The maximum absolute atomic E-state index is 12.2. The van der Waals surface area contributed by atoms with Crippen LogP contribution in [0, 0.1) is 6.92 Å². The summed E-state index contributed by atoms with van der Waals surface area (Å²) in [6, 6.07) is 18.6. The molecule has 0 aliphatic heterocycles. The number of nitrogens with one attached hydrogen (secondary N) is 2. The number of halogens is 1. The summed E-state index contributed by atoms with van der Waals surface area (Å²) in [6.45, 7) is 2.69. The minimum atomic E-state index is -0.356. The first-order chi connectivity index (χ1) is 12.1. The first-order valence-corrected chi connectivity index (χ1v) is 8.18. The summed E-state index contributed by atoms with van der Waals surface area (Å²) in [5, 5.41) is 14.4. The standard InChI is InChI=1S/C19H17ClN4O/c1-13-6-8-14(9-7-13)12-21-18-11-10-17(23-24-18)19(25)22-16-5-3-2-4-15(16)20/h2-11H,12H2,1H3,(H,21,24)(H,22,25). The van der Waals surface area contributed by atoms with E-state index >= 15 is 0 Å². The van der Waals surface area contributed by atoms with E-state index in [-0.39, 0.29) is 11.6 Å². The zero-order chi connectivity index (χ0) is 17.6. The molecule has 126 valence electrons. The molecule has 25 heavy (non-hydrogen) atoms. The quantitative estimate of drug-likeness (QED) is 0.718. The molecule has 5 nitrogen and oxygen atoms in total. The van der Waals surface area contributed by atoms with Gasteiger partial charge in [-0.2, -0.15) is 0 Å². The highest BCUT2D eigenvalue weighted by Gasteiger charge is 2.10. The van der Waals surface area contributed by atoms with Crippen LogP contribution in [0.15, 0.2) is 60.7 Å². The molecule has 0 radical (unpaired) electrons. The topological polar surface area (TPSA) is 66.9 Å². The van der Waals surface area contributed by atoms with Crippen LogP contribution in [0.1, 0.15) is 21.6 Å². The van der Waals surface area contributed by atoms with E-state index in [0.29, 0.717) is 23.1 Å². The molecule has 0 aliphatic rings. The summed E-state index contributed by atoms with van der Waals surface area (Å²) in [6.07, 6.45) is 0. The van der Waals surface area contributed by atoms with E-state index in [1.54, 1.807) is 36.4 Å². The van der Waals surface area contributed by atoms with Gasteiger partial charge in [-0.25, -0.2) is 0 Å². The summed E-state index contributed by atoms with van der Waals surface area (Å²) >= 11 is 6.03. The number of aromatic nitrogens is 2. The fourth-order valence-electron chi connectivity index (χ4n) is 2.20. The van der Waals surface area contributed by atoms with Gasteiger partial charge in [0.2, 0.25) is 0 Å². The van der Waals surface area contributed by atoms with Crippen molar-refractivity contribution in [3.8, 4) is 0 Å². The molecule has 0 saturated carbocycles. The minimum Gasteiger partial charge on any atom is -0.365 e. The summed E-state index contributed by atoms with van der Waals surface area (Å²) in [7, 11) is 0. The number of anilines is 2. The Morgan fingerprint density at radius 3 is 2.44 bits per heavy atom. The number of amides is 1. The molecular formula is C19H17ClN4O. The van der Waals surface area contributed by atoms with E-state index in [1.165, 1.54) is 5.56 Å². The first-order valence-electron chi connectivity index (χ1n) is 7.81. The van der Waals surface area contributed by atoms with Crippen molar-refractivity contribution in [2.24, 2.45) is 0 Å². The summed E-state index contributed by atoms with van der Waals surface area (Å²) in [5.41, 5.74) is 3.13. The molecule has 3 rings (SSSR count). The Labute approximate surface area is 151 Å². The molecule has 0 unspecified atom stereocenters. The van der Waals surface area contributed by atoms with Crippen LogP contribution in [-0.2, 0) is 6.54 Å². The second-order valence-electron chi connectivity index (χ2n) is 5.58. The van der Waals surface area contributed by atoms with Crippen LogP contribution in [0.3, 0.4) is 0 Å². The molecule has 6 heteroatoms. The smallest absolute Gasteiger partial charge is 0.276 e. The second kappa shape index (κ2) is 7.77. The van der Waals surface area contributed by atoms with Crippen molar-refractivity contribution < 1.29 is 4.79 Å². The second-order valence-corrected chi connectivity index (χ2v) is 5.98. The highest BCUT2D eigenvalue weighted by Crippen LogP contribution is 2.21. The Morgan fingerprint density at radius 1 is 1.00 bits per heavy atom. The molecule has 0 bridgehead atoms. The van der Waals surface area contributed by atoms with E-state index < -0.39 is 0 Å². The predicted octanol–water partition coefficient (Wildman–Crippen LogP) is 4.30. The van der Waals surface area contributed by atoms with Crippen LogP contribution in [0.4, 0.5) is 11.5 Å². The van der Waals surface area contributed by atoms with Crippen LogP contribution < -0.4 is 10.6 Å². The molecule has 0 fully saturated rings. The molecule has 0 spiro atoms. The number of hydrogen-bond acceptors (Lipinski definition) is 4. The number of benzene rings is 2. The van der Waals surface area contributed by atoms with Crippen LogP contribution in [0.5, 0.6) is 0 Å². The van der Waals surface area contributed by atoms with Gasteiger partial charge >= 0.3 is 0 Å². The number of rotatable bonds is 5. The molecule has 2 N–H and O–H groups in total. The van der Waals surface area contributed by atoms with Crippen LogP contribution in [0.25, 0.3) is 0 Å². The van der Waals surface area contributed by atoms with Crippen molar-refractivity contribution in [3.05, 3.63) is 82.5 Å². The average molecular weight is 353 g/mol. The lowest BCUT2D eigenvalue weighted by Gasteiger charge is -2.08. The Hall–Kier alpha value is -2.92. The molecule has 0 saturated heterocycles. The number of hydrogen-bond donors (Lipinski definition) is 2. The van der Waals surface area contributed by atoms with E-state index in [9.17, 15) is 4.79 Å². The third-order valence-corrected chi connectivity index (χ3v) is 3.94. The number of aryl methyl sites for hydroxylation is 1. The van der Waals surface area contributed by atoms with E-state index in [4.69, 9.17) is 11.6 Å². The van der Waals surface area contributed by atoms with Gasteiger partial charge in [-0.15, -0.1) is 10.2 Å². The average Bonchev–Trinajstić information content (AvgIpc) is 2.63. The van der Waals surface area contributed by atoms with Crippen LogP contribution in [0.2, 0.25) is 5.02 Å². The third-order valence-electron chi connectivity index (χ3n) is 3.61. The first kappa shape index (κ1) is 16.9. The lowest BCUT2D eigenvalue weighted by atomic mass is 10.1.